The lowest BCUT2D eigenvalue weighted by molar-refractivity contribution is -0.122. The van der Waals surface area contributed by atoms with Crippen molar-refractivity contribution in [3.05, 3.63) is 65.2 Å². The zero-order valence-corrected chi connectivity index (χ0v) is 19.5. The molecule has 2 N–H and O–H groups in total. The van der Waals surface area contributed by atoms with E-state index < -0.39 is 16.1 Å². The van der Waals surface area contributed by atoms with Gasteiger partial charge in [0.2, 0.25) is 15.9 Å². The quantitative estimate of drug-likeness (QED) is 0.673. The summed E-state index contributed by atoms with van der Waals surface area (Å²) >= 11 is 0. The van der Waals surface area contributed by atoms with Crippen molar-refractivity contribution >= 4 is 15.9 Å². The first-order valence-electron chi connectivity index (χ1n) is 10.0. The van der Waals surface area contributed by atoms with Gasteiger partial charge >= 0.3 is 0 Å². The van der Waals surface area contributed by atoms with E-state index in [1.807, 2.05) is 38.4 Å². The first-order chi connectivity index (χ1) is 13.9. The van der Waals surface area contributed by atoms with E-state index in [1.165, 1.54) is 0 Å². The van der Waals surface area contributed by atoms with Gasteiger partial charge in [-0.25, -0.2) is 8.42 Å². The minimum Gasteiger partial charge on any atom is -0.351 e. The third kappa shape index (κ3) is 6.65. The van der Waals surface area contributed by atoms with Crippen LogP contribution in [0, 0.1) is 0 Å². The van der Waals surface area contributed by atoms with Crippen molar-refractivity contribution in [3.63, 3.8) is 0 Å². The van der Waals surface area contributed by atoms with Gasteiger partial charge in [0.05, 0.1) is 10.9 Å². The van der Waals surface area contributed by atoms with Crippen molar-refractivity contribution < 1.29 is 13.2 Å². The third-order valence-corrected chi connectivity index (χ3v) is 6.37. The van der Waals surface area contributed by atoms with Gasteiger partial charge in [0.15, 0.2) is 0 Å². The maximum atomic E-state index is 12.7. The lowest BCUT2D eigenvalue weighted by Gasteiger charge is -2.20. The minimum absolute atomic E-state index is 0.0637. The van der Waals surface area contributed by atoms with Gasteiger partial charge in [-0.3, -0.25) is 4.79 Å². The van der Waals surface area contributed by atoms with Crippen LogP contribution in [0.1, 0.15) is 44.4 Å². The van der Waals surface area contributed by atoms with Gasteiger partial charge in [0.1, 0.15) is 0 Å². The van der Waals surface area contributed by atoms with Crippen molar-refractivity contribution in [2.45, 2.75) is 57.1 Å². The van der Waals surface area contributed by atoms with Crippen LogP contribution in [0.5, 0.6) is 0 Å². The summed E-state index contributed by atoms with van der Waals surface area (Å²) in [7, 11) is 0.181. The Labute approximate surface area is 180 Å². The molecule has 1 amide bonds. The Bertz CT molecular complexity index is 962. The van der Waals surface area contributed by atoms with Gasteiger partial charge in [-0.1, -0.05) is 57.2 Å². The Kier molecular flexibility index (Phi) is 7.80. The number of hydrogen-bond donors (Lipinski definition) is 2. The second kappa shape index (κ2) is 9.73. The zero-order chi connectivity index (χ0) is 22.5. The number of benzene rings is 2. The maximum Gasteiger partial charge on any atom is 0.241 e. The number of sulfonamides is 1. The average Bonchev–Trinajstić information content (AvgIpc) is 2.65. The summed E-state index contributed by atoms with van der Waals surface area (Å²) < 4.78 is 27.8. The van der Waals surface area contributed by atoms with Gasteiger partial charge in [0, 0.05) is 13.1 Å². The Morgan fingerprint density at radius 2 is 1.57 bits per heavy atom. The molecule has 164 valence electrons. The van der Waals surface area contributed by atoms with Gasteiger partial charge in [-0.05, 0) is 55.3 Å². The Hall–Kier alpha value is -2.22. The van der Waals surface area contributed by atoms with Crippen molar-refractivity contribution in [1.29, 1.82) is 0 Å². The summed E-state index contributed by atoms with van der Waals surface area (Å²) in [6.07, 6.45) is 0. The van der Waals surface area contributed by atoms with E-state index in [0.717, 1.165) is 23.2 Å². The molecule has 0 radical (unpaired) electrons. The van der Waals surface area contributed by atoms with E-state index in [9.17, 15) is 13.2 Å². The molecular weight excluding hydrogens is 398 g/mol. The second-order valence-electron chi connectivity index (χ2n) is 8.84. The highest BCUT2D eigenvalue weighted by Gasteiger charge is 2.23. The molecule has 0 unspecified atom stereocenters. The summed E-state index contributed by atoms with van der Waals surface area (Å²) in [5, 5.41) is 2.83. The Morgan fingerprint density at radius 3 is 2.10 bits per heavy atom. The molecule has 0 fully saturated rings. The molecule has 7 heteroatoms. The Balaban J connectivity index is 2.02. The molecule has 2 aromatic carbocycles. The number of rotatable bonds is 8. The number of amides is 1. The van der Waals surface area contributed by atoms with Crippen LogP contribution in [0.4, 0.5) is 0 Å². The molecule has 0 heterocycles. The summed E-state index contributed by atoms with van der Waals surface area (Å²) in [6, 6.07) is 13.7. The number of nitrogens with zero attached hydrogens (tertiary/aromatic N) is 1. The van der Waals surface area contributed by atoms with Crippen molar-refractivity contribution in [3.8, 4) is 0 Å². The molecule has 0 aromatic heterocycles. The summed E-state index contributed by atoms with van der Waals surface area (Å²) in [5.41, 5.74) is 3.11. The second-order valence-corrected chi connectivity index (χ2v) is 10.6. The molecule has 0 spiro atoms. The first-order valence-corrected chi connectivity index (χ1v) is 11.5. The third-order valence-electron chi connectivity index (χ3n) is 4.81. The largest absolute Gasteiger partial charge is 0.351 e. The molecule has 0 bridgehead atoms. The molecule has 0 saturated carbocycles. The number of hydrogen-bond acceptors (Lipinski definition) is 4. The van der Waals surface area contributed by atoms with Gasteiger partial charge in [-0.15, -0.1) is 0 Å². The molecule has 2 rings (SSSR count). The fourth-order valence-corrected chi connectivity index (χ4v) is 4.25. The number of carbonyl (C=O) groups is 1. The summed E-state index contributed by atoms with van der Waals surface area (Å²) in [6.45, 7) is 8.85. The predicted molar refractivity (Wildman–Crippen MR) is 121 cm³/mol. The highest BCUT2D eigenvalue weighted by molar-refractivity contribution is 7.89. The molecule has 0 aliphatic rings. The van der Waals surface area contributed by atoms with Crippen LogP contribution in [0.3, 0.4) is 0 Å². The van der Waals surface area contributed by atoms with Crippen molar-refractivity contribution in [1.82, 2.24) is 14.9 Å². The minimum atomic E-state index is -3.79. The van der Waals surface area contributed by atoms with Crippen LogP contribution in [0.25, 0.3) is 0 Å². The zero-order valence-electron chi connectivity index (χ0n) is 18.7. The van der Waals surface area contributed by atoms with Crippen LogP contribution >= 0.6 is 0 Å². The SMILES string of the molecule is C[C@H](NS(=O)(=O)c1ccc(C(C)(C)C)cc1)C(=O)NCc1ccccc1CN(C)C. The first kappa shape index (κ1) is 24.1. The molecule has 0 aliphatic carbocycles. The molecule has 0 aliphatic heterocycles. The van der Waals surface area contributed by atoms with Gasteiger partial charge in [0.25, 0.3) is 0 Å². The summed E-state index contributed by atoms with van der Waals surface area (Å²) in [5.74, 6) is -0.371. The van der Waals surface area contributed by atoms with Crippen LogP contribution < -0.4 is 10.0 Å². The molecule has 1 atom stereocenters. The predicted octanol–water partition coefficient (Wildman–Crippen LogP) is 3.03. The molecule has 6 nitrogen and oxygen atoms in total. The van der Waals surface area contributed by atoms with E-state index in [1.54, 1.807) is 31.2 Å². The van der Waals surface area contributed by atoms with E-state index in [4.69, 9.17) is 0 Å². The van der Waals surface area contributed by atoms with Crippen LogP contribution in [0.2, 0.25) is 0 Å². The fourth-order valence-electron chi connectivity index (χ4n) is 3.05. The smallest absolute Gasteiger partial charge is 0.241 e. The highest BCUT2D eigenvalue weighted by Crippen LogP contribution is 2.23. The topological polar surface area (TPSA) is 78.5 Å². The molecule has 0 saturated heterocycles. The number of carbonyl (C=O) groups excluding carboxylic acids is 1. The lowest BCUT2D eigenvalue weighted by atomic mass is 9.87. The van der Waals surface area contributed by atoms with Crippen LogP contribution in [0.15, 0.2) is 53.4 Å². The monoisotopic (exact) mass is 431 g/mol. The normalized spacial score (nSPS) is 13.3. The van der Waals surface area contributed by atoms with Crippen molar-refractivity contribution in [2.24, 2.45) is 0 Å². The van der Waals surface area contributed by atoms with E-state index in [-0.39, 0.29) is 16.2 Å². The van der Waals surface area contributed by atoms with Crippen LogP contribution in [-0.2, 0) is 33.3 Å². The van der Waals surface area contributed by atoms with Gasteiger partial charge < -0.3 is 10.2 Å². The van der Waals surface area contributed by atoms with Crippen molar-refractivity contribution in [2.75, 3.05) is 14.1 Å². The Morgan fingerprint density at radius 1 is 1.00 bits per heavy atom. The lowest BCUT2D eigenvalue weighted by Crippen LogP contribution is -2.44. The van der Waals surface area contributed by atoms with E-state index >= 15 is 0 Å². The maximum absolute atomic E-state index is 12.7. The standard InChI is InChI=1S/C23H33N3O3S/c1-17(22(27)24-15-18-9-7-8-10-19(18)16-26(5)6)25-30(28,29)21-13-11-20(12-14-21)23(2,3)4/h7-14,17,25H,15-16H2,1-6H3,(H,24,27)/t17-/m0/s1. The highest BCUT2D eigenvalue weighted by atomic mass is 32.2. The molecular formula is C23H33N3O3S. The number of nitrogens with one attached hydrogen (secondary N) is 2. The average molecular weight is 432 g/mol. The fraction of sp³-hybridized carbons (Fsp3) is 0.435. The van der Waals surface area contributed by atoms with Gasteiger partial charge in [-0.2, -0.15) is 4.72 Å². The summed E-state index contributed by atoms with van der Waals surface area (Å²) in [4.78, 5) is 14.7. The molecule has 30 heavy (non-hydrogen) atoms. The molecule has 2 aromatic rings. The van der Waals surface area contributed by atoms with E-state index in [2.05, 4.69) is 35.7 Å². The van der Waals surface area contributed by atoms with Crippen LogP contribution in [-0.4, -0.2) is 39.4 Å². The van der Waals surface area contributed by atoms with E-state index in [0.29, 0.717) is 6.54 Å².